The minimum atomic E-state index is -4.03. The van der Waals surface area contributed by atoms with Crippen molar-refractivity contribution in [3.63, 3.8) is 0 Å². The summed E-state index contributed by atoms with van der Waals surface area (Å²) in [7, 11) is 1.67. The van der Waals surface area contributed by atoms with Crippen molar-refractivity contribution >= 4 is 45.7 Å². The van der Waals surface area contributed by atoms with Crippen LogP contribution in [0.15, 0.2) is 41.9 Å². The summed E-state index contributed by atoms with van der Waals surface area (Å²) in [5, 5.41) is 3.46. The van der Waals surface area contributed by atoms with Crippen molar-refractivity contribution in [2.45, 2.75) is 42.7 Å². The standard InChI is InChI=1S/C24H29ClN8O3S/c1-33(2)19-8-6-18(7-9-19)30-23-27-12-16(13-28-23)4-5-17-14-29-24(31-22(17)36-3)32-37(34,35)21-15-26-11-10-20(21)25/h4-5,10-15,18-19H,6-9H2,1-3H3,(H,27,28,30)(H,29,31,32)/b5-4+. The molecule has 0 aliphatic heterocycles. The molecular formula is C24H29ClN8O3S. The highest BCUT2D eigenvalue weighted by molar-refractivity contribution is 7.92. The molecule has 0 bridgehead atoms. The second-order valence-electron chi connectivity index (χ2n) is 8.86. The first-order chi connectivity index (χ1) is 17.7. The first-order valence-corrected chi connectivity index (χ1v) is 13.6. The van der Waals surface area contributed by atoms with Crippen molar-refractivity contribution in [2.24, 2.45) is 0 Å². The van der Waals surface area contributed by atoms with Gasteiger partial charge in [0.05, 0.1) is 17.7 Å². The first-order valence-electron chi connectivity index (χ1n) is 11.7. The quantitative estimate of drug-likeness (QED) is 0.411. The van der Waals surface area contributed by atoms with Crippen molar-refractivity contribution in [1.29, 1.82) is 0 Å². The molecule has 1 fully saturated rings. The zero-order valence-corrected chi connectivity index (χ0v) is 22.4. The molecule has 1 aliphatic carbocycles. The summed E-state index contributed by atoms with van der Waals surface area (Å²) in [6.07, 6.45) is 15.5. The van der Waals surface area contributed by atoms with E-state index in [4.69, 9.17) is 16.3 Å². The van der Waals surface area contributed by atoms with Gasteiger partial charge in [-0.1, -0.05) is 17.7 Å². The number of pyridine rings is 1. The summed E-state index contributed by atoms with van der Waals surface area (Å²) in [4.78, 5) is 23.0. The lowest BCUT2D eigenvalue weighted by Gasteiger charge is -2.32. The van der Waals surface area contributed by atoms with E-state index < -0.39 is 10.0 Å². The van der Waals surface area contributed by atoms with Gasteiger partial charge in [-0.2, -0.15) is 4.98 Å². The molecule has 0 radical (unpaired) electrons. The third-order valence-electron chi connectivity index (χ3n) is 6.11. The Kier molecular flexibility index (Phi) is 8.52. The van der Waals surface area contributed by atoms with Gasteiger partial charge >= 0.3 is 0 Å². The SMILES string of the molecule is COc1nc(NS(=O)(=O)c2cnccc2Cl)ncc1/C=C/c1cnc(NC2CCC(N(C)C)CC2)nc1. The molecule has 1 saturated carbocycles. The van der Waals surface area contributed by atoms with Gasteiger partial charge in [0, 0.05) is 48.6 Å². The number of hydrogen-bond acceptors (Lipinski definition) is 10. The maximum absolute atomic E-state index is 12.6. The molecule has 2 N–H and O–H groups in total. The molecule has 0 atom stereocenters. The highest BCUT2D eigenvalue weighted by Gasteiger charge is 2.23. The van der Waals surface area contributed by atoms with E-state index >= 15 is 0 Å². The van der Waals surface area contributed by atoms with Gasteiger partial charge in [0.15, 0.2) is 0 Å². The largest absolute Gasteiger partial charge is 0.480 e. The van der Waals surface area contributed by atoms with Gasteiger partial charge in [-0.05, 0) is 51.9 Å². The molecule has 3 aromatic rings. The fourth-order valence-electron chi connectivity index (χ4n) is 4.04. The maximum Gasteiger partial charge on any atom is 0.267 e. The van der Waals surface area contributed by atoms with Gasteiger partial charge in [-0.25, -0.2) is 28.1 Å². The summed E-state index contributed by atoms with van der Waals surface area (Å²) >= 11 is 5.98. The average molecular weight is 545 g/mol. The van der Waals surface area contributed by atoms with Crippen LogP contribution in [0.25, 0.3) is 12.2 Å². The van der Waals surface area contributed by atoms with E-state index in [2.05, 4.69) is 54.0 Å². The number of nitrogens with zero attached hydrogens (tertiary/aromatic N) is 6. The van der Waals surface area contributed by atoms with Crippen molar-refractivity contribution in [3.8, 4) is 5.88 Å². The number of sulfonamides is 1. The molecule has 0 saturated heterocycles. The van der Waals surface area contributed by atoms with Crippen LogP contribution in [0.3, 0.4) is 0 Å². The van der Waals surface area contributed by atoms with E-state index in [0.717, 1.165) is 37.4 Å². The van der Waals surface area contributed by atoms with Crippen LogP contribution in [-0.4, -0.2) is 71.5 Å². The van der Waals surface area contributed by atoms with E-state index in [1.807, 2.05) is 0 Å². The van der Waals surface area contributed by atoms with Crippen LogP contribution in [0.1, 0.15) is 36.8 Å². The number of nitrogens with one attached hydrogen (secondary N) is 2. The lowest BCUT2D eigenvalue weighted by atomic mass is 9.91. The minimum Gasteiger partial charge on any atom is -0.480 e. The molecule has 11 nitrogen and oxygen atoms in total. The Labute approximate surface area is 221 Å². The molecule has 4 rings (SSSR count). The highest BCUT2D eigenvalue weighted by atomic mass is 35.5. The Bertz CT molecular complexity index is 1340. The summed E-state index contributed by atoms with van der Waals surface area (Å²) in [6, 6.07) is 2.40. The average Bonchev–Trinajstić information content (AvgIpc) is 2.89. The van der Waals surface area contributed by atoms with Crippen LogP contribution in [0.4, 0.5) is 11.9 Å². The Balaban J connectivity index is 1.39. The monoisotopic (exact) mass is 544 g/mol. The molecule has 0 aromatic carbocycles. The van der Waals surface area contributed by atoms with E-state index in [1.54, 1.807) is 24.5 Å². The Morgan fingerprint density at radius 3 is 2.38 bits per heavy atom. The van der Waals surface area contributed by atoms with Gasteiger partial charge in [-0.3, -0.25) is 4.98 Å². The smallest absolute Gasteiger partial charge is 0.267 e. The predicted molar refractivity (Wildman–Crippen MR) is 143 cm³/mol. The molecule has 196 valence electrons. The summed E-state index contributed by atoms with van der Waals surface area (Å²) < 4.78 is 32.9. The number of anilines is 2. The topological polar surface area (TPSA) is 135 Å². The molecule has 13 heteroatoms. The zero-order chi connectivity index (χ0) is 26.4. The second kappa shape index (κ2) is 11.8. The van der Waals surface area contributed by atoms with E-state index in [1.165, 1.54) is 25.6 Å². The van der Waals surface area contributed by atoms with Crippen LogP contribution >= 0.6 is 11.6 Å². The Morgan fingerprint density at radius 1 is 1.03 bits per heavy atom. The number of halogens is 1. The number of methoxy groups -OCH3 is 1. The number of rotatable bonds is 9. The molecule has 0 amide bonds. The van der Waals surface area contributed by atoms with Crippen molar-refractivity contribution in [2.75, 3.05) is 31.2 Å². The third-order valence-corrected chi connectivity index (χ3v) is 7.91. The molecular weight excluding hydrogens is 516 g/mol. The predicted octanol–water partition coefficient (Wildman–Crippen LogP) is 3.58. The fraction of sp³-hybridized carbons (Fsp3) is 0.375. The van der Waals surface area contributed by atoms with E-state index in [-0.39, 0.29) is 21.7 Å². The second-order valence-corrected chi connectivity index (χ2v) is 10.9. The Morgan fingerprint density at radius 2 is 1.73 bits per heavy atom. The van der Waals surface area contributed by atoms with Crippen LogP contribution in [0, 0.1) is 0 Å². The number of ether oxygens (including phenoxy) is 1. The summed E-state index contributed by atoms with van der Waals surface area (Å²) in [5.41, 5.74) is 1.32. The van der Waals surface area contributed by atoms with Gasteiger partial charge in [0.2, 0.25) is 17.8 Å². The van der Waals surface area contributed by atoms with Crippen LogP contribution < -0.4 is 14.8 Å². The molecule has 0 unspecified atom stereocenters. The Hall–Kier alpha value is -3.35. The molecule has 0 spiro atoms. The third kappa shape index (κ3) is 6.90. The summed E-state index contributed by atoms with van der Waals surface area (Å²) in [5.74, 6) is 0.637. The molecule has 3 heterocycles. The maximum atomic E-state index is 12.6. The molecule has 3 aromatic heterocycles. The van der Waals surface area contributed by atoms with Crippen molar-refractivity contribution in [3.05, 3.63) is 53.2 Å². The van der Waals surface area contributed by atoms with Crippen LogP contribution in [-0.2, 0) is 10.0 Å². The van der Waals surface area contributed by atoms with Gasteiger partial charge < -0.3 is 15.0 Å². The summed E-state index contributed by atoms with van der Waals surface area (Å²) in [6.45, 7) is 0. The number of hydrogen-bond donors (Lipinski definition) is 2. The lowest BCUT2D eigenvalue weighted by molar-refractivity contribution is 0.221. The van der Waals surface area contributed by atoms with E-state index in [9.17, 15) is 8.42 Å². The minimum absolute atomic E-state index is 0.0363. The van der Waals surface area contributed by atoms with E-state index in [0.29, 0.717) is 23.6 Å². The normalized spacial score (nSPS) is 18.2. The highest BCUT2D eigenvalue weighted by Crippen LogP contribution is 2.25. The zero-order valence-electron chi connectivity index (χ0n) is 20.8. The van der Waals surface area contributed by atoms with Gasteiger partial charge in [-0.15, -0.1) is 0 Å². The fourth-order valence-corrected chi connectivity index (χ4v) is 5.43. The van der Waals surface area contributed by atoms with Crippen LogP contribution in [0.2, 0.25) is 5.02 Å². The van der Waals surface area contributed by atoms with Gasteiger partial charge in [0.1, 0.15) is 4.90 Å². The van der Waals surface area contributed by atoms with Crippen LogP contribution in [0.5, 0.6) is 5.88 Å². The molecule has 1 aliphatic rings. The first kappa shape index (κ1) is 26.7. The number of aromatic nitrogens is 5. The lowest BCUT2D eigenvalue weighted by Crippen LogP contribution is -2.36. The van der Waals surface area contributed by atoms with Gasteiger partial charge in [0.25, 0.3) is 10.0 Å². The van der Waals surface area contributed by atoms with Crippen molar-refractivity contribution in [1.82, 2.24) is 29.8 Å². The molecule has 37 heavy (non-hydrogen) atoms. The van der Waals surface area contributed by atoms with Crippen molar-refractivity contribution < 1.29 is 13.2 Å².